The van der Waals surface area contributed by atoms with Crippen LogP contribution in [0.1, 0.15) is 6.42 Å². The first-order valence-electron chi connectivity index (χ1n) is 2.85. The first-order chi connectivity index (χ1) is 4.31. The maximum Gasteiger partial charge on any atom is 0.121 e. The second-order valence-electron chi connectivity index (χ2n) is 1.65. The Bertz CT molecular complexity index is 114. The molecule has 1 unspecified atom stereocenters. The van der Waals surface area contributed by atoms with E-state index >= 15 is 0 Å². The van der Waals surface area contributed by atoms with E-state index in [1.54, 1.807) is 18.2 Å². The third-order valence-electron chi connectivity index (χ3n) is 0.889. The van der Waals surface area contributed by atoms with Gasteiger partial charge in [0, 0.05) is 6.42 Å². The Balaban J connectivity index is 3.36. The van der Waals surface area contributed by atoms with Gasteiger partial charge >= 0.3 is 0 Å². The van der Waals surface area contributed by atoms with Crippen LogP contribution in [-0.2, 0) is 0 Å². The van der Waals surface area contributed by atoms with Gasteiger partial charge in [-0.15, -0.1) is 6.58 Å². The van der Waals surface area contributed by atoms with E-state index in [0.717, 1.165) is 0 Å². The topological polar surface area (TPSA) is 0 Å². The molecule has 50 valence electrons. The summed E-state index contributed by atoms with van der Waals surface area (Å²) in [6.45, 7) is 6.75. The van der Waals surface area contributed by atoms with Gasteiger partial charge in [0.15, 0.2) is 0 Å². The van der Waals surface area contributed by atoms with Crippen LogP contribution in [0.15, 0.2) is 37.5 Å². The average Bonchev–Trinajstić information content (AvgIpc) is 1.89. The highest BCUT2D eigenvalue weighted by Gasteiger charge is 1.92. The minimum atomic E-state index is -0.916. The molecule has 0 bridgehead atoms. The smallest absolute Gasteiger partial charge is 0.121 e. The standard InChI is InChI=1S/C8H11F/c1-3-5-6-7-8(9)4-2/h3-6,8H,1-2,7H2/b6-5+. The molecule has 0 N–H and O–H groups in total. The summed E-state index contributed by atoms with van der Waals surface area (Å²) in [7, 11) is 0. The summed E-state index contributed by atoms with van der Waals surface area (Å²) >= 11 is 0. The van der Waals surface area contributed by atoms with Gasteiger partial charge in [-0.1, -0.05) is 30.9 Å². The van der Waals surface area contributed by atoms with E-state index in [1.165, 1.54) is 6.08 Å². The molecular formula is C8H11F. The van der Waals surface area contributed by atoms with Crippen molar-refractivity contribution in [3.63, 3.8) is 0 Å². The van der Waals surface area contributed by atoms with Crippen LogP contribution in [0.3, 0.4) is 0 Å². The monoisotopic (exact) mass is 126 g/mol. The van der Waals surface area contributed by atoms with Crippen LogP contribution in [0.2, 0.25) is 0 Å². The second kappa shape index (κ2) is 5.29. The molecule has 0 amide bonds. The summed E-state index contributed by atoms with van der Waals surface area (Å²) in [6.07, 6.45) is 5.83. The van der Waals surface area contributed by atoms with Crippen LogP contribution < -0.4 is 0 Å². The number of hydrogen-bond donors (Lipinski definition) is 0. The lowest BCUT2D eigenvalue weighted by atomic mass is 10.2. The molecule has 0 heterocycles. The fourth-order valence-corrected chi connectivity index (χ4v) is 0.401. The molecule has 0 spiro atoms. The quantitative estimate of drug-likeness (QED) is 0.401. The Hall–Kier alpha value is -0.850. The highest BCUT2D eigenvalue weighted by atomic mass is 19.1. The lowest BCUT2D eigenvalue weighted by Crippen LogP contribution is -1.89. The highest BCUT2D eigenvalue weighted by Crippen LogP contribution is 1.98. The van der Waals surface area contributed by atoms with Gasteiger partial charge in [-0.05, 0) is 0 Å². The average molecular weight is 126 g/mol. The summed E-state index contributed by atoms with van der Waals surface area (Å²) in [5, 5.41) is 0. The lowest BCUT2D eigenvalue weighted by Gasteiger charge is -1.92. The molecule has 0 saturated carbocycles. The summed E-state index contributed by atoms with van der Waals surface area (Å²) in [5.74, 6) is 0. The first-order valence-corrected chi connectivity index (χ1v) is 2.85. The van der Waals surface area contributed by atoms with E-state index < -0.39 is 6.17 Å². The van der Waals surface area contributed by atoms with Crippen molar-refractivity contribution in [2.24, 2.45) is 0 Å². The van der Waals surface area contributed by atoms with E-state index in [9.17, 15) is 4.39 Å². The molecule has 0 aromatic carbocycles. The van der Waals surface area contributed by atoms with E-state index in [1.807, 2.05) is 0 Å². The van der Waals surface area contributed by atoms with Gasteiger partial charge in [-0.25, -0.2) is 4.39 Å². The van der Waals surface area contributed by atoms with Crippen molar-refractivity contribution < 1.29 is 4.39 Å². The van der Waals surface area contributed by atoms with Gasteiger partial charge in [-0.3, -0.25) is 0 Å². The minimum Gasteiger partial charge on any atom is -0.243 e. The van der Waals surface area contributed by atoms with Crippen molar-refractivity contribution >= 4 is 0 Å². The van der Waals surface area contributed by atoms with E-state index in [2.05, 4.69) is 13.2 Å². The number of allylic oxidation sites excluding steroid dienone is 4. The Kier molecular flexibility index (Phi) is 4.79. The molecule has 9 heavy (non-hydrogen) atoms. The Morgan fingerprint density at radius 3 is 2.56 bits per heavy atom. The zero-order valence-corrected chi connectivity index (χ0v) is 5.39. The van der Waals surface area contributed by atoms with Crippen molar-refractivity contribution in [1.29, 1.82) is 0 Å². The first kappa shape index (κ1) is 8.15. The molecule has 0 radical (unpaired) electrons. The molecule has 0 aromatic rings. The van der Waals surface area contributed by atoms with Crippen LogP contribution in [-0.4, -0.2) is 6.17 Å². The fourth-order valence-electron chi connectivity index (χ4n) is 0.401. The predicted molar refractivity (Wildman–Crippen MR) is 39.0 cm³/mol. The minimum absolute atomic E-state index is 0.398. The van der Waals surface area contributed by atoms with E-state index in [-0.39, 0.29) is 0 Å². The van der Waals surface area contributed by atoms with Gasteiger partial charge in [0.25, 0.3) is 0 Å². The zero-order valence-electron chi connectivity index (χ0n) is 5.39. The van der Waals surface area contributed by atoms with Crippen LogP contribution in [0.4, 0.5) is 4.39 Å². The molecule has 1 atom stereocenters. The zero-order chi connectivity index (χ0) is 7.11. The van der Waals surface area contributed by atoms with Crippen molar-refractivity contribution in [2.75, 3.05) is 0 Å². The Morgan fingerprint density at radius 1 is 1.44 bits per heavy atom. The van der Waals surface area contributed by atoms with Crippen molar-refractivity contribution in [2.45, 2.75) is 12.6 Å². The molecule has 0 saturated heterocycles. The third-order valence-corrected chi connectivity index (χ3v) is 0.889. The van der Waals surface area contributed by atoms with Gasteiger partial charge in [0.1, 0.15) is 6.17 Å². The van der Waals surface area contributed by atoms with Crippen LogP contribution in [0.5, 0.6) is 0 Å². The summed E-state index contributed by atoms with van der Waals surface area (Å²) in [6, 6.07) is 0. The second-order valence-corrected chi connectivity index (χ2v) is 1.65. The van der Waals surface area contributed by atoms with E-state index in [4.69, 9.17) is 0 Å². The van der Waals surface area contributed by atoms with Crippen molar-refractivity contribution in [1.82, 2.24) is 0 Å². The van der Waals surface area contributed by atoms with Crippen LogP contribution in [0, 0.1) is 0 Å². The van der Waals surface area contributed by atoms with Gasteiger partial charge in [0.05, 0.1) is 0 Å². The molecular weight excluding hydrogens is 115 g/mol. The van der Waals surface area contributed by atoms with Gasteiger partial charge in [0.2, 0.25) is 0 Å². The molecule has 1 heteroatoms. The number of halogens is 1. The Morgan fingerprint density at radius 2 is 2.11 bits per heavy atom. The number of hydrogen-bond acceptors (Lipinski definition) is 0. The number of rotatable bonds is 4. The maximum absolute atomic E-state index is 12.3. The molecule has 0 nitrogen and oxygen atoms in total. The molecule has 0 aliphatic heterocycles. The summed E-state index contributed by atoms with van der Waals surface area (Å²) in [5.41, 5.74) is 0. The molecule has 0 rings (SSSR count). The fraction of sp³-hybridized carbons (Fsp3) is 0.250. The van der Waals surface area contributed by atoms with Crippen molar-refractivity contribution in [3.05, 3.63) is 37.5 Å². The van der Waals surface area contributed by atoms with Crippen LogP contribution in [0.25, 0.3) is 0 Å². The predicted octanol–water partition coefficient (Wildman–Crippen LogP) is 2.64. The number of alkyl halides is 1. The normalized spacial score (nSPS) is 13.4. The van der Waals surface area contributed by atoms with Crippen LogP contribution >= 0.6 is 0 Å². The SMILES string of the molecule is C=C/C=C/CC(F)C=C. The van der Waals surface area contributed by atoms with Gasteiger partial charge in [-0.2, -0.15) is 0 Å². The maximum atomic E-state index is 12.3. The van der Waals surface area contributed by atoms with E-state index in [0.29, 0.717) is 6.42 Å². The molecule has 0 aliphatic carbocycles. The summed E-state index contributed by atoms with van der Waals surface area (Å²) in [4.78, 5) is 0. The molecule has 0 fully saturated rings. The summed E-state index contributed by atoms with van der Waals surface area (Å²) < 4.78 is 12.3. The highest BCUT2D eigenvalue weighted by molar-refractivity contribution is 4.99. The molecule has 0 aromatic heterocycles. The van der Waals surface area contributed by atoms with Crippen molar-refractivity contribution in [3.8, 4) is 0 Å². The largest absolute Gasteiger partial charge is 0.243 e. The molecule has 0 aliphatic rings. The Labute approximate surface area is 55.4 Å². The third kappa shape index (κ3) is 5.01. The van der Waals surface area contributed by atoms with Gasteiger partial charge < -0.3 is 0 Å². The lowest BCUT2D eigenvalue weighted by molar-refractivity contribution is 0.404.